The van der Waals surface area contributed by atoms with Crippen LogP contribution in [0.15, 0.2) is 30.3 Å². The predicted molar refractivity (Wildman–Crippen MR) is 80.3 cm³/mol. The van der Waals surface area contributed by atoms with Crippen molar-refractivity contribution in [1.29, 1.82) is 0 Å². The highest BCUT2D eigenvalue weighted by Gasteiger charge is 2.18. The zero-order chi connectivity index (χ0) is 14.5. The summed E-state index contributed by atoms with van der Waals surface area (Å²) in [6, 6.07) is 9.64. The van der Waals surface area contributed by atoms with Gasteiger partial charge in [-0.25, -0.2) is 4.79 Å². The highest BCUT2D eigenvalue weighted by atomic mass is 35.5. The number of halogens is 1. The molecule has 0 saturated carbocycles. The van der Waals surface area contributed by atoms with Crippen LogP contribution in [0.5, 0.6) is 0 Å². The molecule has 1 N–H and O–H groups in total. The van der Waals surface area contributed by atoms with E-state index in [1.54, 1.807) is 0 Å². The highest BCUT2D eigenvalue weighted by Crippen LogP contribution is 2.20. The molecule has 0 aliphatic heterocycles. The van der Waals surface area contributed by atoms with Crippen LogP contribution < -0.4 is 0 Å². The topological polar surface area (TPSA) is 42.1 Å². The van der Waals surface area contributed by atoms with Crippen molar-refractivity contribution in [1.82, 2.24) is 4.98 Å². The van der Waals surface area contributed by atoms with Gasteiger partial charge in [0.25, 0.3) is 0 Å². The number of hydrogen-bond acceptors (Lipinski definition) is 2. The second kappa shape index (κ2) is 6.62. The van der Waals surface area contributed by atoms with Crippen LogP contribution in [0, 0.1) is 13.8 Å². The molecule has 0 aliphatic rings. The number of aromatic amines is 1. The fraction of sp³-hybridized carbons (Fsp3) is 0.312. The maximum Gasteiger partial charge on any atom is 0.355 e. The zero-order valence-electron chi connectivity index (χ0n) is 11.7. The average molecular weight is 292 g/mol. The van der Waals surface area contributed by atoms with Crippen molar-refractivity contribution in [2.45, 2.75) is 26.9 Å². The summed E-state index contributed by atoms with van der Waals surface area (Å²) in [4.78, 5) is 15.2. The molecule has 0 radical (unpaired) electrons. The molecule has 0 bridgehead atoms. The van der Waals surface area contributed by atoms with Crippen LogP contribution in [0.1, 0.15) is 32.9 Å². The number of aromatic nitrogens is 1. The number of nitrogens with one attached hydrogen (secondary N) is 1. The van der Waals surface area contributed by atoms with E-state index >= 15 is 0 Å². The molecular formula is C16H18ClNO2. The number of hydrogen-bond donors (Lipinski definition) is 1. The lowest BCUT2D eigenvalue weighted by Gasteiger charge is -2.04. The van der Waals surface area contributed by atoms with Crippen molar-refractivity contribution in [3.05, 3.63) is 58.4 Å². The van der Waals surface area contributed by atoms with Crippen molar-refractivity contribution < 1.29 is 9.53 Å². The molecule has 0 saturated heterocycles. The third-order valence-corrected chi connectivity index (χ3v) is 3.54. The average Bonchev–Trinajstić information content (AvgIpc) is 2.74. The van der Waals surface area contributed by atoms with E-state index in [1.807, 2.05) is 44.2 Å². The Balaban J connectivity index is 2.08. The molecule has 0 fully saturated rings. The van der Waals surface area contributed by atoms with E-state index in [2.05, 4.69) is 4.98 Å². The summed E-state index contributed by atoms with van der Waals surface area (Å²) in [5.74, 6) is 0.216. The Morgan fingerprint density at radius 1 is 1.25 bits per heavy atom. The van der Waals surface area contributed by atoms with Gasteiger partial charge in [-0.1, -0.05) is 30.3 Å². The summed E-state index contributed by atoms with van der Waals surface area (Å²) in [7, 11) is 0. The Labute approximate surface area is 123 Å². The molecule has 2 rings (SSSR count). The lowest BCUT2D eigenvalue weighted by atomic mass is 10.1. The van der Waals surface area contributed by atoms with Crippen LogP contribution in [0.3, 0.4) is 0 Å². The van der Waals surface area contributed by atoms with Gasteiger partial charge >= 0.3 is 5.97 Å². The summed E-state index contributed by atoms with van der Waals surface area (Å²) in [6.45, 7) is 4.15. The number of H-pyrrole nitrogens is 1. The fourth-order valence-electron chi connectivity index (χ4n) is 2.26. The SMILES string of the molecule is Cc1[nH]c(C(=O)OCc2ccccc2)c(C)c1CCCl. The molecule has 3 nitrogen and oxygen atoms in total. The predicted octanol–water partition coefficient (Wildman–Crippen LogP) is 3.77. The number of alkyl halides is 1. The molecule has 0 amide bonds. The number of benzene rings is 1. The van der Waals surface area contributed by atoms with Crippen molar-refractivity contribution >= 4 is 17.6 Å². The first-order valence-corrected chi connectivity index (χ1v) is 7.12. The van der Waals surface area contributed by atoms with Gasteiger partial charge in [-0.15, -0.1) is 11.6 Å². The Bertz CT molecular complexity index is 590. The van der Waals surface area contributed by atoms with Crippen molar-refractivity contribution in [3.8, 4) is 0 Å². The van der Waals surface area contributed by atoms with Gasteiger partial charge in [0.1, 0.15) is 12.3 Å². The van der Waals surface area contributed by atoms with E-state index in [4.69, 9.17) is 16.3 Å². The van der Waals surface area contributed by atoms with Crippen molar-refractivity contribution in [2.24, 2.45) is 0 Å². The van der Waals surface area contributed by atoms with Gasteiger partial charge in [0.15, 0.2) is 0 Å². The second-order valence-electron chi connectivity index (χ2n) is 4.73. The van der Waals surface area contributed by atoms with Crippen molar-refractivity contribution in [3.63, 3.8) is 0 Å². The first-order valence-electron chi connectivity index (χ1n) is 6.58. The maximum atomic E-state index is 12.1. The van der Waals surface area contributed by atoms with Crippen LogP contribution in [-0.4, -0.2) is 16.8 Å². The van der Waals surface area contributed by atoms with E-state index < -0.39 is 0 Å². The maximum absolute atomic E-state index is 12.1. The molecule has 1 aromatic carbocycles. The normalized spacial score (nSPS) is 10.6. The number of esters is 1. The van der Waals surface area contributed by atoms with Crippen LogP contribution in [-0.2, 0) is 17.8 Å². The Morgan fingerprint density at radius 2 is 1.95 bits per heavy atom. The second-order valence-corrected chi connectivity index (χ2v) is 5.11. The molecule has 0 unspecified atom stereocenters. The van der Waals surface area contributed by atoms with Gasteiger partial charge in [-0.2, -0.15) is 0 Å². The third-order valence-electron chi connectivity index (χ3n) is 3.35. The number of carbonyl (C=O) groups excluding carboxylic acids is 1. The van der Waals surface area contributed by atoms with E-state index in [1.165, 1.54) is 0 Å². The van der Waals surface area contributed by atoms with Gasteiger partial charge in [0.05, 0.1) is 0 Å². The summed E-state index contributed by atoms with van der Waals surface area (Å²) in [5.41, 5.74) is 4.52. The lowest BCUT2D eigenvalue weighted by Crippen LogP contribution is -2.07. The number of rotatable bonds is 5. The number of ether oxygens (including phenoxy) is 1. The molecule has 106 valence electrons. The first-order chi connectivity index (χ1) is 9.63. The van der Waals surface area contributed by atoms with E-state index in [0.29, 0.717) is 11.6 Å². The summed E-state index contributed by atoms with van der Waals surface area (Å²) in [6.07, 6.45) is 0.752. The summed E-state index contributed by atoms with van der Waals surface area (Å²) < 4.78 is 5.34. The molecule has 0 atom stereocenters. The standard InChI is InChI=1S/C16H18ClNO2/c1-11-14(8-9-17)12(2)18-15(11)16(19)20-10-13-6-4-3-5-7-13/h3-7,18H,8-10H2,1-2H3. The number of carbonyl (C=O) groups is 1. The van der Waals surface area contributed by atoms with Gasteiger partial charge in [-0.3, -0.25) is 0 Å². The quantitative estimate of drug-likeness (QED) is 0.673. The van der Waals surface area contributed by atoms with Gasteiger partial charge in [0, 0.05) is 11.6 Å². The lowest BCUT2D eigenvalue weighted by molar-refractivity contribution is 0.0465. The highest BCUT2D eigenvalue weighted by molar-refractivity contribution is 6.18. The van der Waals surface area contributed by atoms with E-state index in [9.17, 15) is 4.79 Å². The summed E-state index contributed by atoms with van der Waals surface area (Å²) >= 11 is 5.78. The van der Waals surface area contributed by atoms with Gasteiger partial charge < -0.3 is 9.72 Å². The van der Waals surface area contributed by atoms with Crippen LogP contribution in [0.2, 0.25) is 0 Å². The Hall–Kier alpha value is -1.74. The monoisotopic (exact) mass is 291 g/mol. The Kier molecular flexibility index (Phi) is 4.85. The van der Waals surface area contributed by atoms with Crippen LogP contribution >= 0.6 is 11.6 Å². The largest absolute Gasteiger partial charge is 0.456 e. The van der Waals surface area contributed by atoms with Crippen LogP contribution in [0.25, 0.3) is 0 Å². The van der Waals surface area contributed by atoms with Gasteiger partial charge in [-0.05, 0) is 37.0 Å². The minimum atomic E-state index is -0.324. The molecule has 0 spiro atoms. The minimum Gasteiger partial charge on any atom is -0.456 e. The molecule has 2 aromatic rings. The third kappa shape index (κ3) is 3.23. The molecule has 0 aliphatic carbocycles. The molecule has 1 heterocycles. The van der Waals surface area contributed by atoms with E-state index in [-0.39, 0.29) is 12.6 Å². The molecular weight excluding hydrogens is 274 g/mol. The minimum absolute atomic E-state index is 0.280. The van der Waals surface area contributed by atoms with Crippen molar-refractivity contribution in [2.75, 3.05) is 5.88 Å². The first kappa shape index (κ1) is 14.7. The zero-order valence-corrected chi connectivity index (χ0v) is 12.5. The fourth-order valence-corrected chi connectivity index (χ4v) is 2.45. The van der Waals surface area contributed by atoms with E-state index in [0.717, 1.165) is 28.8 Å². The smallest absolute Gasteiger partial charge is 0.355 e. The summed E-state index contributed by atoms with van der Waals surface area (Å²) in [5, 5.41) is 0. The van der Waals surface area contributed by atoms with Crippen LogP contribution in [0.4, 0.5) is 0 Å². The molecule has 4 heteroatoms. The Morgan fingerprint density at radius 3 is 2.60 bits per heavy atom. The number of aryl methyl sites for hydroxylation is 1. The van der Waals surface area contributed by atoms with Gasteiger partial charge in [0.2, 0.25) is 0 Å². The molecule has 20 heavy (non-hydrogen) atoms. The molecule has 1 aromatic heterocycles.